The topological polar surface area (TPSA) is 41.9 Å². The Balaban J connectivity index is 2.02. The lowest BCUT2D eigenvalue weighted by atomic mass is 9.96. The summed E-state index contributed by atoms with van der Waals surface area (Å²) in [6.07, 6.45) is 1.98. The van der Waals surface area contributed by atoms with Crippen LogP contribution in [0.5, 0.6) is 5.75 Å². The summed E-state index contributed by atoms with van der Waals surface area (Å²) in [4.78, 5) is 20.2. The lowest BCUT2D eigenvalue weighted by Crippen LogP contribution is -2.28. The first-order valence-corrected chi connectivity index (χ1v) is 10.7. The fraction of sp³-hybridized carbons (Fsp3) is 0.333. The highest BCUT2D eigenvalue weighted by molar-refractivity contribution is 8.18. The molecule has 2 aromatic rings. The fourth-order valence-electron chi connectivity index (χ4n) is 3.30. The van der Waals surface area contributed by atoms with Crippen LogP contribution >= 0.6 is 11.8 Å². The van der Waals surface area contributed by atoms with Crippen LogP contribution in [0.3, 0.4) is 0 Å². The van der Waals surface area contributed by atoms with Crippen LogP contribution in [0.4, 0.5) is 5.69 Å². The number of carbonyl (C=O) groups excluding carboxylic acids is 1. The second-order valence-corrected chi connectivity index (χ2v) is 8.46. The summed E-state index contributed by atoms with van der Waals surface area (Å²) in [6, 6.07) is 12.1. The summed E-state index contributed by atoms with van der Waals surface area (Å²) in [6.45, 7) is 10.9. The number of aliphatic imine (C=N–C) groups is 1. The smallest absolute Gasteiger partial charge is 0.266 e. The minimum absolute atomic E-state index is 0.00569. The third-order valence-electron chi connectivity index (χ3n) is 5.06. The Bertz CT molecular complexity index is 992. The number of amidine groups is 1. The summed E-state index contributed by atoms with van der Waals surface area (Å²) in [5.41, 5.74) is 5.25. The van der Waals surface area contributed by atoms with E-state index in [9.17, 15) is 4.79 Å². The zero-order chi connectivity index (χ0) is 21.1. The average Bonchev–Trinajstić information content (AvgIpc) is 2.98. The van der Waals surface area contributed by atoms with Gasteiger partial charge in [-0.25, -0.2) is 4.99 Å². The molecule has 3 rings (SSSR count). The number of likely N-dealkylation sites (N-methyl/N-ethyl adjacent to an activating group) is 1. The Labute approximate surface area is 177 Å². The number of ether oxygens (including phenoxy) is 1. The van der Waals surface area contributed by atoms with Gasteiger partial charge in [0.2, 0.25) is 0 Å². The van der Waals surface area contributed by atoms with Crippen molar-refractivity contribution in [2.24, 2.45) is 4.99 Å². The molecular weight excluding hydrogens is 380 g/mol. The third kappa shape index (κ3) is 4.40. The van der Waals surface area contributed by atoms with E-state index in [-0.39, 0.29) is 5.91 Å². The zero-order valence-electron chi connectivity index (χ0n) is 17.9. The van der Waals surface area contributed by atoms with Gasteiger partial charge >= 0.3 is 0 Å². The minimum atomic E-state index is 0.00569. The van der Waals surface area contributed by atoms with Gasteiger partial charge < -0.3 is 4.74 Å². The largest absolute Gasteiger partial charge is 0.496 e. The van der Waals surface area contributed by atoms with Gasteiger partial charge in [-0.15, -0.1) is 0 Å². The van der Waals surface area contributed by atoms with Crippen LogP contribution in [0, 0.1) is 13.8 Å². The molecular formula is C24H28N2O2S. The van der Waals surface area contributed by atoms with Gasteiger partial charge in [-0.1, -0.05) is 32.0 Å². The van der Waals surface area contributed by atoms with Crippen molar-refractivity contribution in [2.45, 2.75) is 40.5 Å². The molecule has 1 fully saturated rings. The number of hydrogen-bond donors (Lipinski definition) is 0. The molecule has 0 saturated carbocycles. The van der Waals surface area contributed by atoms with Crippen molar-refractivity contribution < 1.29 is 9.53 Å². The number of para-hydroxylation sites is 1. The quantitative estimate of drug-likeness (QED) is 0.565. The van der Waals surface area contributed by atoms with E-state index in [2.05, 4.69) is 19.9 Å². The van der Waals surface area contributed by atoms with Crippen molar-refractivity contribution >= 4 is 34.6 Å². The van der Waals surface area contributed by atoms with Crippen molar-refractivity contribution in [1.82, 2.24) is 4.90 Å². The molecule has 0 unspecified atom stereocenters. The van der Waals surface area contributed by atoms with E-state index >= 15 is 0 Å². The van der Waals surface area contributed by atoms with Crippen LogP contribution in [0.1, 0.15) is 48.9 Å². The van der Waals surface area contributed by atoms with Crippen molar-refractivity contribution in [3.8, 4) is 5.75 Å². The van der Waals surface area contributed by atoms with E-state index in [4.69, 9.17) is 9.73 Å². The highest BCUT2D eigenvalue weighted by Crippen LogP contribution is 2.36. The fourth-order valence-corrected chi connectivity index (χ4v) is 4.35. The molecule has 0 N–H and O–H groups in total. The molecule has 0 aliphatic carbocycles. The minimum Gasteiger partial charge on any atom is -0.496 e. The van der Waals surface area contributed by atoms with E-state index in [1.54, 1.807) is 12.0 Å². The first-order chi connectivity index (χ1) is 13.8. The average molecular weight is 409 g/mol. The molecule has 2 aromatic carbocycles. The number of amides is 1. The Hall–Kier alpha value is -2.53. The Morgan fingerprint density at radius 1 is 1.17 bits per heavy atom. The lowest BCUT2D eigenvalue weighted by molar-refractivity contribution is -0.122. The number of hydrogen-bond acceptors (Lipinski definition) is 4. The van der Waals surface area contributed by atoms with Crippen molar-refractivity contribution in [3.63, 3.8) is 0 Å². The van der Waals surface area contributed by atoms with Gasteiger partial charge in [0, 0.05) is 6.54 Å². The molecule has 1 heterocycles. The van der Waals surface area contributed by atoms with Crippen molar-refractivity contribution in [1.29, 1.82) is 0 Å². The molecule has 29 heavy (non-hydrogen) atoms. The molecule has 1 amide bonds. The number of nitrogens with zero attached hydrogens (tertiary/aromatic N) is 2. The molecule has 0 atom stereocenters. The van der Waals surface area contributed by atoms with E-state index in [1.165, 1.54) is 11.8 Å². The summed E-state index contributed by atoms with van der Waals surface area (Å²) >= 11 is 1.44. The summed E-state index contributed by atoms with van der Waals surface area (Å²) in [5.74, 6) is 1.23. The monoisotopic (exact) mass is 408 g/mol. The first-order valence-electron chi connectivity index (χ1n) is 9.90. The second-order valence-electron chi connectivity index (χ2n) is 7.45. The highest BCUT2D eigenvalue weighted by Gasteiger charge is 2.32. The number of aryl methyl sites for hydroxylation is 2. The summed E-state index contributed by atoms with van der Waals surface area (Å²) in [7, 11) is 1.70. The Morgan fingerprint density at radius 2 is 1.90 bits per heavy atom. The van der Waals surface area contributed by atoms with Gasteiger partial charge in [0.1, 0.15) is 5.75 Å². The van der Waals surface area contributed by atoms with Gasteiger partial charge in [0.15, 0.2) is 5.17 Å². The van der Waals surface area contributed by atoms with Crippen LogP contribution in [0.25, 0.3) is 6.08 Å². The molecule has 0 aromatic heterocycles. The molecule has 4 nitrogen and oxygen atoms in total. The zero-order valence-corrected chi connectivity index (χ0v) is 18.8. The molecule has 0 spiro atoms. The predicted octanol–water partition coefficient (Wildman–Crippen LogP) is 6.06. The molecule has 0 radical (unpaired) electrons. The number of benzene rings is 2. The summed E-state index contributed by atoms with van der Waals surface area (Å²) in [5, 5.41) is 0.730. The predicted molar refractivity (Wildman–Crippen MR) is 123 cm³/mol. The van der Waals surface area contributed by atoms with Crippen LogP contribution < -0.4 is 4.74 Å². The van der Waals surface area contributed by atoms with Crippen LogP contribution in [-0.4, -0.2) is 29.6 Å². The van der Waals surface area contributed by atoms with Crippen LogP contribution in [0.2, 0.25) is 0 Å². The molecule has 152 valence electrons. The SMILES string of the molecule is CCN1C(=O)/C(=C\c2cc(C(C)C)c(OC)cc2C)SC1=Nc1ccccc1C. The molecule has 0 bridgehead atoms. The van der Waals surface area contributed by atoms with E-state index in [0.29, 0.717) is 17.4 Å². The number of methoxy groups -OCH3 is 1. The number of thioether (sulfide) groups is 1. The van der Waals surface area contributed by atoms with Gasteiger partial charge in [-0.05, 0) is 85.0 Å². The normalized spacial score (nSPS) is 17.1. The molecule has 1 aliphatic heterocycles. The maximum atomic E-state index is 13.0. The van der Waals surface area contributed by atoms with Gasteiger partial charge in [-0.2, -0.15) is 0 Å². The van der Waals surface area contributed by atoms with Crippen LogP contribution in [-0.2, 0) is 4.79 Å². The second kappa shape index (κ2) is 8.87. The van der Waals surface area contributed by atoms with E-state index in [1.807, 2.05) is 57.2 Å². The van der Waals surface area contributed by atoms with Gasteiger partial charge in [-0.3, -0.25) is 9.69 Å². The van der Waals surface area contributed by atoms with E-state index in [0.717, 1.165) is 38.9 Å². The third-order valence-corrected chi connectivity index (χ3v) is 6.07. The van der Waals surface area contributed by atoms with E-state index < -0.39 is 0 Å². The number of carbonyl (C=O) groups is 1. The maximum Gasteiger partial charge on any atom is 0.266 e. The highest BCUT2D eigenvalue weighted by atomic mass is 32.2. The lowest BCUT2D eigenvalue weighted by Gasteiger charge is -2.15. The van der Waals surface area contributed by atoms with Gasteiger partial charge in [0.05, 0.1) is 17.7 Å². The molecule has 1 aliphatic rings. The van der Waals surface area contributed by atoms with Crippen molar-refractivity contribution in [3.05, 3.63) is 63.6 Å². The first kappa shape index (κ1) is 21.2. The van der Waals surface area contributed by atoms with Crippen molar-refractivity contribution in [2.75, 3.05) is 13.7 Å². The number of rotatable bonds is 5. The van der Waals surface area contributed by atoms with Crippen LogP contribution in [0.15, 0.2) is 46.3 Å². The van der Waals surface area contributed by atoms with Gasteiger partial charge in [0.25, 0.3) is 5.91 Å². The Kier molecular flexibility index (Phi) is 6.48. The molecule has 1 saturated heterocycles. The Morgan fingerprint density at radius 3 is 2.52 bits per heavy atom. The summed E-state index contributed by atoms with van der Waals surface area (Å²) < 4.78 is 5.54. The maximum absolute atomic E-state index is 13.0. The standard InChI is InChI=1S/C24H28N2O2S/c1-7-26-23(27)22(29-24(26)25-20-11-9-8-10-16(20)4)14-18-13-19(15(2)3)21(28-6)12-17(18)5/h8-15H,7H2,1-6H3/b22-14+,25-24?. The molecule has 5 heteroatoms.